The van der Waals surface area contributed by atoms with Crippen molar-refractivity contribution in [1.82, 2.24) is 0 Å². The number of hydrogen-bond donors (Lipinski definition) is 2. The number of methoxy groups -OCH3 is 1. The van der Waals surface area contributed by atoms with Crippen molar-refractivity contribution in [2.75, 3.05) is 24.7 Å². The lowest BCUT2D eigenvalue weighted by atomic mass is 10.1. The molecule has 1 aromatic carbocycles. The monoisotopic (exact) mass is 250 g/mol. The Morgan fingerprint density at radius 1 is 1.33 bits per heavy atom. The molecule has 0 amide bonds. The molecule has 4 nitrogen and oxygen atoms in total. The molecule has 0 bridgehead atoms. The van der Waals surface area contributed by atoms with E-state index in [1.54, 1.807) is 18.2 Å². The minimum atomic E-state index is -0.363. The van der Waals surface area contributed by atoms with Gasteiger partial charge in [0.05, 0.1) is 24.0 Å². The molecule has 1 rings (SSSR count). The van der Waals surface area contributed by atoms with Crippen LogP contribution in [0, 0.1) is 0 Å². The number of nitrogens with two attached hydrogens (primary N) is 1. The summed E-state index contributed by atoms with van der Waals surface area (Å²) in [6.45, 7) is 3.00. The van der Waals surface area contributed by atoms with Crippen LogP contribution in [0.2, 0.25) is 0 Å². The molecule has 0 heterocycles. The topological polar surface area (TPSA) is 64.3 Å². The third-order valence-corrected chi connectivity index (χ3v) is 2.83. The fourth-order valence-corrected chi connectivity index (χ4v) is 1.81. The summed E-state index contributed by atoms with van der Waals surface area (Å²) >= 11 is 0. The van der Waals surface area contributed by atoms with Crippen LogP contribution in [0.25, 0.3) is 0 Å². The number of esters is 1. The number of nitrogen functional groups attached to an aromatic ring is 1. The van der Waals surface area contributed by atoms with Crippen molar-refractivity contribution in [1.29, 1.82) is 0 Å². The van der Waals surface area contributed by atoms with E-state index in [0.29, 0.717) is 16.9 Å². The molecule has 0 aromatic heterocycles. The molecule has 0 radical (unpaired) electrons. The predicted molar refractivity (Wildman–Crippen MR) is 74.8 cm³/mol. The molecular weight excluding hydrogens is 228 g/mol. The molecule has 0 saturated heterocycles. The molecule has 4 heteroatoms. The molecule has 3 N–H and O–H groups in total. The molecule has 0 fully saturated rings. The minimum Gasteiger partial charge on any atom is -0.465 e. The summed E-state index contributed by atoms with van der Waals surface area (Å²) in [5.41, 5.74) is 7.64. The Kier molecular flexibility index (Phi) is 6.05. The van der Waals surface area contributed by atoms with Gasteiger partial charge < -0.3 is 15.8 Å². The number of nitrogens with one attached hydrogen (secondary N) is 1. The highest BCUT2D eigenvalue weighted by Gasteiger charge is 2.13. The first-order valence-corrected chi connectivity index (χ1v) is 6.41. The van der Waals surface area contributed by atoms with E-state index in [1.807, 2.05) is 0 Å². The lowest BCUT2D eigenvalue weighted by Crippen LogP contribution is -2.11. The van der Waals surface area contributed by atoms with E-state index >= 15 is 0 Å². The molecule has 0 aliphatic heterocycles. The van der Waals surface area contributed by atoms with Gasteiger partial charge in [-0.2, -0.15) is 0 Å². The molecule has 0 aliphatic rings. The van der Waals surface area contributed by atoms with Gasteiger partial charge in [-0.05, 0) is 18.6 Å². The van der Waals surface area contributed by atoms with E-state index in [2.05, 4.69) is 12.2 Å². The molecule has 18 heavy (non-hydrogen) atoms. The summed E-state index contributed by atoms with van der Waals surface area (Å²) in [7, 11) is 1.37. The van der Waals surface area contributed by atoms with E-state index in [0.717, 1.165) is 13.0 Å². The van der Waals surface area contributed by atoms with Crippen LogP contribution in [0.15, 0.2) is 18.2 Å². The van der Waals surface area contributed by atoms with Gasteiger partial charge in [0, 0.05) is 6.54 Å². The van der Waals surface area contributed by atoms with Crippen molar-refractivity contribution in [3.05, 3.63) is 23.8 Å². The van der Waals surface area contributed by atoms with Crippen LogP contribution >= 0.6 is 0 Å². The summed E-state index contributed by atoms with van der Waals surface area (Å²) in [6, 6.07) is 5.25. The largest absolute Gasteiger partial charge is 0.465 e. The van der Waals surface area contributed by atoms with Gasteiger partial charge in [-0.15, -0.1) is 0 Å². The van der Waals surface area contributed by atoms with E-state index < -0.39 is 0 Å². The molecule has 0 atom stereocenters. The second kappa shape index (κ2) is 7.58. The smallest absolute Gasteiger partial charge is 0.340 e. The summed E-state index contributed by atoms with van der Waals surface area (Å²) in [6.07, 6.45) is 4.70. The number of unbranched alkanes of at least 4 members (excludes halogenated alkanes) is 3. The average Bonchev–Trinajstić information content (AvgIpc) is 2.39. The van der Waals surface area contributed by atoms with Crippen LogP contribution in [-0.4, -0.2) is 19.6 Å². The number of benzene rings is 1. The molecule has 0 aliphatic carbocycles. The van der Waals surface area contributed by atoms with E-state index in [9.17, 15) is 4.79 Å². The molecule has 0 saturated carbocycles. The number of rotatable bonds is 7. The molecular formula is C14H22N2O2. The second-order valence-electron chi connectivity index (χ2n) is 4.25. The van der Waals surface area contributed by atoms with Crippen molar-refractivity contribution in [2.45, 2.75) is 32.6 Å². The number of para-hydroxylation sites is 1. The molecule has 0 spiro atoms. The van der Waals surface area contributed by atoms with Crippen LogP contribution in [0.3, 0.4) is 0 Å². The molecule has 0 unspecified atom stereocenters. The zero-order valence-electron chi connectivity index (χ0n) is 11.2. The van der Waals surface area contributed by atoms with Gasteiger partial charge in [-0.25, -0.2) is 4.79 Å². The Morgan fingerprint density at radius 2 is 2.11 bits per heavy atom. The Balaban J connectivity index is 2.65. The van der Waals surface area contributed by atoms with Gasteiger partial charge in [0.1, 0.15) is 0 Å². The van der Waals surface area contributed by atoms with Crippen LogP contribution in [-0.2, 0) is 4.74 Å². The fraction of sp³-hybridized carbons (Fsp3) is 0.500. The van der Waals surface area contributed by atoms with E-state index in [1.165, 1.54) is 26.4 Å². The van der Waals surface area contributed by atoms with Crippen molar-refractivity contribution in [3.8, 4) is 0 Å². The summed E-state index contributed by atoms with van der Waals surface area (Å²) < 4.78 is 4.74. The van der Waals surface area contributed by atoms with Gasteiger partial charge in [0.2, 0.25) is 0 Å². The second-order valence-corrected chi connectivity index (χ2v) is 4.25. The maximum absolute atomic E-state index is 11.6. The number of carbonyl (C=O) groups is 1. The zero-order valence-corrected chi connectivity index (χ0v) is 11.2. The number of ether oxygens (including phenoxy) is 1. The summed E-state index contributed by atoms with van der Waals surface area (Å²) in [4.78, 5) is 11.6. The average molecular weight is 250 g/mol. The first-order chi connectivity index (χ1) is 8.70. The lowest BCUT2D eigenvalue weighted by Gasteiger charge is -2.13. The third kappa shape index (κ3) is 3.95. The number of hydrogen-bond acceptors (Lipinski definition) is 4. The van der Waals surface area contributed by atoms with Crippen molar-refractivity contribution in [2.24, 2.45) is 0 Å². The Hall–Kier alpha value is -1.71. The number of carbonyl (C=O) groups excluding carboxylic acids is 1. The first-order valence-electron chi connectivity index (χ1n) is 6.41. The summed E-state index contributed by atoms with van der Waals surface area (Å²) in [5.74, 6) is -0.363. The van der Waals surface area contributed by atoms with Gasteiger partial charge in [0.15, 0.2) is 0 Å². The highest BCUT2D eigenvalue weighted by molar-refractivity contribution is 5.98. The normalized spacial score (nSPS) is 10.1. The predicted octanol–water partition coefficient (Wildman–Crippen LogP) is 3.05. The van der Waals surface area contributed by atoms with Gasteiger partial charge in [0.25, 0.3) is 0 Å². The SMILES string of the molecule is CCCCCCNc1c(N)cccc1C(=O)OC. The van der Waals surface area contributed by atoms with Gasteiger partial charge >= 0.3 is 5.97 Å². The Bertz CT molecular complexity index is 391. The maximum Gasteiger partial charge on any atom is 0.340 e. The lowest BCUT2D eigenvalue weighted by molar-refractivity contribution is 0.0602. The Morgan fingerprint density at radius 3 is 2.78 bits per heavy atom. The van der Waals surface area contributed by atoms with Crippen LogP contribution in [0.4, 0.5) is 11.4 Å². The fourth-order valence-electron chi connectivity index (χ4n) is 1.81. The van der Waals surface area contributed by atoms with Crippen molar-refractivity contribution in [3.63, 3.8) is 0 Å². The van der Waals surface area contributed by atoms with Gasteiger partial charge in [-0.1, -0.05) is 32.3 Å². The minimum absolute atomic E-state index is 0.363. The first kappa shape index (κ1) is 14.4. The number of anilines is 2. The maximum atomic E-state index is 11.6. The molecule has 100 valence electrons. The quantitative estimate of drug-likeness (QED) is 0.443. The van der Waals surface area contributed by atoms with Gasteiger partial charge in [-0.3, -0.25) is 0 Å². The summed E-state index contributed by atoms with van der Waals surface area (Å²) in [5, 5.41) is 3.23. The third-order valence-electron chi connectivity index (χ3n) is 2.83. The highest BCUT2D eigenvalue weighted by Crippen LogP contribution is 2.24. The van der Waals surface area contributed by atoms with Crippen LogP contribution in [0.5, 0.6) is 0 Å². The zero-order chi connectivity index (χ0) is 13.4. The van der Waals surface area contributed by atoms with E-state index in [4.69, 9.17) is 10.5 Å². The van der Waals surface area contributed by atoms with Crippen LogP contribution < -0.4 is 11.1 Å². The standard InChI is InChI=1S/C14H22N2O2/c1-3-4-5-6-10-16-13-11(14(17)18-2)8-7-9-12(13)15/h7-9,16H,3-6,10,15H2,1-2H3. The molecule has 1 aromatic rings. The van der Waals surface area contributed by atoms with Crippen molar-refractivity contribution < 1.29 is 9.53 Å². The highest BCUT2D eigenvalue weighted by atomic mass is 16.5. The van der Waals surface area contributed by atoms with Crippen molar-refractivity contribution >= 4 is 17.3 Å². The Labute approximate surface area is 109 Å². The van der Waals surface area contributed by atoms with Crippen LogP contribution in [0.1, 0.15) is 43.0 Å². The van der Waals surface area contributed by atoms with E-state index in [-0.39, 0.29) is 5.97 Å².